The van der Waals surface area contributed by atoms with Gasteiger partial charge in [0, 0.05) is 12.1 Å². The molecule has 6 nitrogen and oxygen atoms in total. The lowest BCUT2D eigenvalue weighted by atomic mass is 9.81. The normalized spacial score (nSPS) is 18.7. The average molecular weight is 384 g/mol. The summed E-state index contributed by atoms with van der Waals surface area (Å²) < 4.78 is 7.55. The number of ether oxygens (including phenoxy) is 1. The zero-order valence-corrected chi connectivity index (χ0v) is 15.4. The number of amides is 2. The van der Waals surface area contributed by atoms with Crippen LogP contribution in [0.15, 0.2) is 90.8 Å². The van der Waals surface area contributed by atoms with Crippen LogP contribution in [0.3, 0.4) is 0 Å². The SMILES string of the molecule is N=C=C1C(=O)NC(=O)[C@H]([n+]2ccccc2)[C@H]1c1ccc(Oc2ccccc2)cc1. The summed E-state index contributed by atoms with van der Waals surface area (Å²) in [5.74, 6) is 1.94. The van der Waals surface area contributed by atoms with E-state index in [2.05, 4.69) is 11.2 Å². The van der Waals surface area contributed by atoms with Crippen LogP contribution in [0.2, 0.25) is 0 Å². The molecule has 0 spiro atoms. The van der Waals surface area contributed by atoms with Crippen molar-refractivity contribution < 1.29 is 18.9 Å². The van der Waals surface area contributed by atoms with Crippen LogP contribution in [0.4, 0.5) is 0 Å². The van der Waals surface area contributed by atoms with Crippen LogP contribution < -0.4 is 14.6 Å². The quantitative estimate of drug-likeness (QED) is 0.314. The van der Waals surface area contributed by atoms with E-state index in [0.29, 0.717) is 11.5 Å². The van der Waals surface area contributed by atoms with Gasteiger partial charge in [0.1, 0.15) is 11.5 Å². The molecular formula is C23H18N3O3+. The first kappa shape index (κ1) is 18.3. The molecule has 1 fully saturated rings. The van der Waals surface area contributed by atoms with Gasteiger partial charge in [0.05, 0.1) is 11.5 Å². The fourth-order valence-corrected chi connectivity index (χ4v) is 3.46. The molecule has 1 saturated heterocycles. The van der Waals surface area contributed by atoms with Crippen LogP contribution in [0, 0.1) is 5.41 Å². The Morgan fingerprint density at radius 1 is 0.862 bits per heavy atom. The van der Waals surface area contributed by atoms with E-state index in [1.807, 2.05) is 60.7 Å². The van der Waals surface area contributed by atoms with Gasteiger partial charge in [-0.2, -0.15) is 4.57 Å². The molecule has 6 heteroatoms. The van der Waals surface area contributed by atoms with Gasteiger partial charge < -0.3 is 4.74 Å². The number of piperidine rings is 1. The van der Waals surface area contributed by atoms with E-state index in [4.69, 9.17) is 10.1 Å². The Hall–Kier alpha value is -4.02. The van der Waals surface area contributed by atoms with Gasteiger partial charge in [-0.05, 0) is 35.7 Å². The highest BCUT2D eigenvalue weighted by atomic mass is 16.5. The van der Waals surface area contributed by atoms with Crippen LogP contribution >= 0.6 is 0 Å². The van der Waals surface area contributed by atoms with Gasteiger partial charge >= 0.3 is 0 Å². The second kappa shape index (κ2) is 7.92. The molecule has 0 aliphatic carbocycles. The van der Waals surface area contributed by atoms with Gasteiger partial charge in [-0.3, -0.25) is 20.3 Å². The molecule has 2 N–H and O–H groups in total. The molecule has 1 aliphatic heterocycles. The molecule has 2 amide bonds. The molecule has 4 rings (SSSR count). The monoisotopic (exact) mass is 384 g/mol. The highest BCUT2D eigenvalue weighted by molar-refractivity contribution is 6.13. The van der Waals surface area contributed by atoms with Crippen molar-refractivity contribution >= 4 is 17.7 Å². The number of rotatable bonds is 4. The van der Waals surface area contributed by atoms with E-state index >= 15 is 0 Å². The number of hydrogen-bond donors (Lipinski definition) is 2. The summed E-state index contributed by atoms with van der Waals surface area (Å²) in [7, 11) is 0. The lowest BCUT2D eigenvalue weighted by Gasteiger charge is -2.27. The maximum atomic E-state index is 12.7. The Morgan fingerprint density at radius 2 is 1.48 bits per heavy atom. The maximum Gasteiger partial charge on any atom is 0.296 e. The fourth-order valence-electron chi connectivity index (χ4n) is 3.46. The Kier molecular flexibility index (Phi) is 5.01. The highest BCUT2D eigenvalue weighted by Crippen LogP contribution is 2.35. The number of nitrogens with one attached hydrogen (secondary N) is 2. The first-order valence-corrected chi connectivity index (χ1v) is 9.11. The van der Waals surface area contributed by atoms with Gasteiger partial charge in [0.15, 0.2) is 12.4 Å². The topological polar surface area (TPSA) is 83.1 Å². The van der Waals surface area contributed by atoms with E-state index in [1.54, 1.807) is 29.1 Å². The average Bonchev–Trinajstić information content (AvgIpc) is 2.75. The summed E-state index contributed by atoms with van der Waals surface area (Å²) in [5, 5.41) is 9.95. The first-order valence-electron chi connectivity index (χ1n) is 9.11. The second-order valence-electron chi connectivity index (χ2n) is 6.59. The zero-order valence-electron chi connectivity index (χ0n) is 15.4. The minimum atomic E-state index is -0.706. The molecular weight excluding hydrogens is 366 g/mol. The molecule has 0 saturated carbocycles. The third kappa shape index (κ3) is 3.70. The van der Waals surface area contributed by atoms with Gasteiger partial charge in [-0.1, -0.05) is 36.4 Å². The Bertz CT molecular complexity index is 1090. The van der Waals surface area contributed by atoms with E-state index in [0.717, 1.165) is 5.56 Å². The largest absolute Gasteiger partial charge is 0.457 e. The smallest absolute Gasteiger partial charge is 0.296 e. The molecule has 2 heterocycles. The van der Waals surface area contributed by atoms with Crippen molar-refractivity contribution in [1.29, 1.82) is 5.41 Å². The fraction of sp³-hybridized carbons (Fsp3) is 0.0870. The molecule has 1 aliphatic rings. The van der Waals surface area contributed by atoms with Crippen molar-refractivity contribution in [3.8, 4) is 11.5 Å². The summed E-state index contributed by atoms with van der Waals surface area (Å²) in [6.45, 7) is 0. The number of hydrogen-bond acceptors (Lipinski definition) is 4. The third-order valence-corrected chi connectivity index (χ3v) is 4.79. The van der Waals surface area contributed by atoms with Crippen LogP contribution in [-0.4, -0.2) is 17.7 Å². The molecule has 0 unspecified atom stereocenters. The number of carbonyl (C=O) groups excluding carboxylic acids is 2. The Labute approximate surface area is 167 Å². The molecule has 0 bridgehead atoms. The molecule has 2 aromatic carbocycles. The first-order chi connectivity index (χ1) is 14.2. The van der Waals surface area contributed by atoms with E-state index in [9.17, 15) is 9.59 Å². The highest BCUT2D eigenvalue weighted by Gasteiger charge is 2.47. The minimum Gasteiger partial charge on any atom is -0.457 e. The van der Waals surface area contributed by atoms with Crippen molar-refractivity contribution in [3.63, 3.8) is 0 Å². The number of para-hydroxylation sites is 1. The number of imide groups is 1. The van der Waals surface area contributed by atoms with E-state index in [1.165, 1.54) is 0 Å². The molecule has 142 valence electrons. The third-order valence-electron chi connectivity index (χ3n) is 4.79. The number of carbonyl (C=O) groups is 2. The van der Waals surface area contributed by atoms with Crippen molar-refractivity contribution in [2.24, 2.45) is 0 Å². The van der Waals surface area contributed by atoms with Gasteiger partial charge in [0.25, 0.3) is 11.8 Å². The van der Waals surface area contributed by atoms with Crippen molar-refractivity contribution in [3.05, 3.63) is 96.3 Å². The zero-order chi connectivity index (χ0) is 20.2. The summed E-state index contributed by atoms with van der Waals surface area (Å²) in [6.07, 6.45) is 3.53. The Balaban J connectivity index is 1.71. The van der Waals surface area contributed by atoms with Crippen LogP contribution in [0.5, 0.6) is 11.5 Å². The van der Waals surface area contributed by atoms with Gasteiger partial charge in [0.2, 0.25) is 6.04 Å². The van der Waals surface area contributed by atoms with Crippen LogP contribution in [0.25, 0.3) is 0 Å². The van der Waals surface area contributed by atoms with Crippen LogP contribution in [0.1, 0.15) is 17.5 Å². The van der Waals surface area contributed by atoms with Crippen LogP contribution in [-0.2, 0) is 9.59 Å². The summed E-state index contributed by atoms with van der Waals surface area (Å²) >= 11 is 0. The van der Waals surface area contributed by atoms with Crippen molar-refractivity contribution in [1.82, 2.24) is 5.32 Å². The van der Waals surface area contributed by atoms with Crippen molar-refractivity contribution in [2.75, 3.05) is 0 Å². The molecule has 2 atom stereocenters. The van der Waals surface area contributed by atoms with Gasteiger partial charge in [-0.25, -0.2) is 0 Å². The van der Waals surface area contributed by atoms with Gasteiger partial charge in [-0.15, -0.1) is 0 Å². The molecule has 0 radical (unpaired) electrons. The Morgan fingerprint density at radius 3 is 2.14 bits per heavy atom. The number of aromatic nitrogens is 1. The lowest BCUT2D eigenvalue weighted by Crippen LogP contribution is -2.57. The summed E-state index contributed by atoms with van der Waals surface area (Å²) in [4.78, 5) is 25.0. The summed E-state index contributed by atoms with van der Waals surface area (Å²) in [5.41, 5.74) is 0.840. The summed E-state index contributed by atoms with van der Waals surface area (Å²) in [6, 6.07) is 21.4. The van der Waals surface area contributed by atoms with E-state index in [-0.39, 0.29) is 5.57 Å². The maximum absolute atomic E-state index is 12.7. The number of pyridine rings is 1. The number of nitrogens with zero attached hydrogens (tertiary/aromatic N) is 1. The second-order valence-corrected chi connectivity index (χ2v) is 6.59. The van der Waals surface area contributed by atoms with E-state index < -0.39 is 23.8 Å². The number of benzene rings is 2. The molecule has 3 aromatic rings. The minimum absolute atomic E-state index is 0.114. The molecule has 29 heavy (non-hydrogen) atoms. The lowest BCUT2D eigenvalue weighted by molar-refractivity contribution is -0.711. The van der Waals surface area contributed by atoms with Crippen molar-refractivity contribution in [2.45, 2.75) is 12.0 Å². The standard InChI is InChI=1S/C23H17N3O3/c24-15-19-20(21(23(28)25-22(19)27)26-13-5-2-6-14-26)16-9-11-18(12-10-16)29-17-7-3-1-4-8-17/h1-14,20-21,24H/p+1/t20-,21+/m0/s1. The molecule has 1 aromatic heterocycles. The predicted molar refractivity (Wildman–Crippen MR) is 106 cm³/mol. The predicted octanol–water partition coefficient (Wildman–Crippen LogP) is 2.92.